The van der Waals surface area contributed by atoms with Gasteiger partial charge in [-0.2, -0.15) is 0 Å². The van der Waals surface area contributed by atoms with Gasteiger partial charge >= 0.3 is 0 Å². The minimum atomic E-state index is -0.767. The Morgan fingerprint density at radius 1 is 1.37 bits per heavy atom. The Morgan fingerprint density at radius 2 is 2.11 bits per heavy atom. The molecule has 1 aliphatic rings. The van der Waals surface area contributed by atoms with Crippen LogP contribution in [-0.4, -0.2) is 32.1 Å². The molecule has 19 heavy (non-hydrogen) atoms. The van der Waals surface area contributed by atoms with E-state index in [1.165, 1.54) is 0 Å². The number of methoxy groups -OCH3 is 1. The smallest absolute Gasteiger partial charge is 0.256 e. The van der Waals surface area contributed by atoms with Crippen LogP contribution in [0.25, 0.3) is 0 Å². The quantitative estimate of drug-likeness (QED) is 0.793. The molecule has 0 aromatic heterocycles. The van der Waals surface area contributed by atoms with E-state index >= 15 is 0 Å². The summed E-state index contributed by atoms with van der Waals surface area (Å²) in [5.41, 5.74) is 1.27. The number of guanidine groups is 1. The number of nitrogens with one attached hydrogen (secondary N) is 2. The van der Waals surface area contributed by atoms with Crippen molar-refractivity contribution in [2.24, 2.45) is 4.99 Å². The van der Waals surface area contributed by atoms with E-state index < -0.39 is 5.54 Å². The Bertz CT molecular complexity index is 513. The van der Waals surface area contributed by atoms with Crippen molar-refractivity contribution in [3.8, 4) is 0 Å². The summed E-state index contributed by atoms with van der Waals surface area (Å²) in [7, 11) is 1.62. The Morgan fingerprint density at radius 3 is 2.79 bits per heavy atom. The second-order valence-corrected chi connectivity index (χ2v) is 4.74. The third-order valence-electron chi connectivity index (χ3n) is 3.30. The van der Waals surface area contributed by atoms with E-state index in [1.54, 1.807) is 7.11 Å². The Balaban J connectivity index is 2.23. The number of rotatable bonds is 4. The van der Waals surface area contributed by atoms with Crippen LogP contribution in [0.5, 0.6) is 0 Å². The molecule has 1 amide bonds. The first kappa shape index (κ1) is 13.5. The van der Waals surface area contributed by atoms with E-state index in [-0.39, 0.29) is 5.91 Å². The van der Waals surface area contributed by atoms with Gasteiger partial charge in [0.15, 0.2) is 5.96 Å². The predicted octanol–water partition coefficient (Wildman–Crippen LogP) is 0.932. The Hall–Kier alpha value is -1.88. The standard InChI is InChI=1S/C14H19N3O2/c1-10-6-4-5-7-11(10)14(2)12(18)16-13(17-14)15-8-9-19-3/h4-7H,8-9H2,1-3H3,(H2,15,16,17,18). The molecule has 1 aliphatic heterocycles. The average molecular weight is 261 g/mol. The minimum Gasteiger partial charge on any atom is -0.383 e. The molecule has 5 nitrogen and oxygen atoms in total. The molecule has 102 valence electrons. The van der Waals surface area contributed by atoms with Crippen molar-refractivity contribution < 1.29 is 9.53 Å². The third-order valence-corrected chi connectivity index (χ3v) is 3.30. The maximum absolute atomic E-state index is 12.2. The number of ether oxygens (including phenoxy) is 1. The van der Waals surface area contributed by atoms with Crippen LogP contribution in [0.2, 0.25) is 0 Å². The molecule has 1 unspecified atom stereocenters. The lowest BCUT2D eigenvalue weighted by Gasteiger charge is -2.23. The molecule has 0 saturated carbocycles. The summed E-state index contributed by atoms with van der Waals surface area (Å²) >= 11 is 0. The number of hydrogen-bond donors (Lipinski definition) is 2. The predicted molar refractivity (Wildman–Crippen MR) is 74.0 cm³/mol. The topological polar surface area (TPSA) is 62.7 Å². The summed E-state index contributed by atoms with van der Waals surface area (Å²) in [6.07, 6.45) is 0. The summed E-state index contributed by atoms with van der Waals surface area (Å²) in [6.45, 7) is 4.91. The molecule has 1 aromatic rings. The first-order valence-electron chi connectivity index (χ1n) is 6.27. The van der Waals surface area contributed by atoms with Crippen molar-refractivity contribution >= 4 is 11.9 Å². The van der Waals surface area contributed by atoms with E-state index in [1.807, 2.05) is 38.1 Å². The summed E-state index contributed by atoms with van der Waals surface area (Å²) < 4.78 is 4.94. The van der Waals surface area contributed by atoms with E-state index in [4.69, 9.17) is 4.74 Å². The fourth-order valence-electron chi connectivity index (χ4n) is 2.21. The van der Waals surface area contributed by atoms with Crippen molar-refractivity contribution in [1.82, 2.24) is 10.6 Å². The number of benzene rings is 1. The highest BCUT2D eigenvalue weighted by Gasteiger charge is 2.42. The molecule has 2 N–H and O–H groups in total. The lowest BCUT2D eigenvalue weighted by atomic mass is 9.89. The highest BCUT2D eigenvalue weighted by molar-refractivity contribution is 6.09. The van der Waals surface area contributed by atoms with Gasteiger partial charge in [-0.05, 0) is 25.0 Å². The average Bonchev–Trinajstić information content (AvgIpc) is 2.67. The zero-order chi connectivity index (χ0) is 13.9. The first-order chi connectivity index (χ1) is 9.08. The lowest BCUT2D eigenvalue weighted by Crippen LogP contribution is -2.41. The molecule has 1 saturated heterocycles. The van der Waals surface area contributed by atoms with Crippen LogP contribution in [0, 0.1) is 6.92 Å². The van der Waals surface area contributed by atoms with E-state index in [0.29, 0.717) is 19.1 Å². The molecule has 1 heterocycles. The second-order valence-electron chi connectivity index (χ2n) is 4.74. The maximum Gasteiger partial charge on any atom is 0.256 e. The van der Waals surface area contributed by atoms with Crippen LogP contribution in [0.3, 0.4) is 0 Å². The normalized spacial score (nSPS) is 24.4. The van der Waals surface area contributed by atoms with Gasteiger partial charge in [-0.3, -0.25) is 15.1 Å². The molecular formula is C14H19N3O2. The van der Waals surface area contributed by atoms with Crippen molar-refractivity contribution in [3.05, 3.63) is 35.4 Å². The van der Waals surface area contributed by atoms with Crippen LogP contribution in [0.4, 0.5) is 0 Å². The zero-order valence-electron chi connectivity index (χ0n) is 11.5. The molecule has 1 fully saturated rings. The second kappa shape index (κ2) is 5.40. The van der Waals surface area contributed by atoms with E-state index in [9.17, 15) is 4.79 Å². The molecule has 2 rings (SSSR count). The van der Waals surface area contributed by atoms with Gasteiger partial charge in [0, 0.05) is 7.11 Å². The number of hydrogen-bond acceptors (Lipinski definition) is 3. The van der Waals surface area contributed by atoms with Crippen molar-refractivity contribution in [2.75, 3.05) is 20.3 Å². The van der Waals surface area contributed by atoms with Gasteiger partial charge in [-0.15, -0.1) is 0 Å². The zero-order valence-corrected chi connectivity index (χ0v) is 11.5. The van der Waals surface area contributed by atoms with Gasteiger partial charge < -0.3 is 10.1 Å². The summed E-state index contributed by atoms with van der Waals surface area (Å²) in [6, 6.07) is 7.85. The van der Waals surface area contributed by atoms with Gasteiger partial charge in [0.2, 0.25) is 0 Å². The number of carbonyl (C=O) groups is 1. The van der Waals surface area contributed by atoms with Crippen LogP contribution in [-0.2, 0) is 15.1 Å². The summed E-state index contributed by atoms with van der Waals surface area (Å²) in [5.74, 6) is 0.422. The van der Waals surface area contributed by atoms with Crippen LogP contribution < -0.4 is 10.6 Å². The lowest BCUT2D eigenvalue weighted by molar-refractivity contribution is -0.123. The molecule has 0 aliphatic carbocycles. The van der Waals surface area contributed by atoms with Gasteiger partial charge in [0.05, 0.1) is 13.2 Å². The molecule has 0 spiro atoms. The highest BCUT2D eigenvalue weighted by Crippen LogP contribution is 2.26. The number of nitrogens with zero attached hydrogens (tertiary/aromatic N) is 1. The number of carbonyl (C=O) groups excluding carboxylic acids is 1. The fourth-order valence-corrected chi connectivity index (χ4v) is 2.21. The van der Waals surface area contributed by atoms with Crippen molar-refractivity contribution in [2.45, 2.75) is 19.4 Å². The molecule has 1 aromatic carbocycles. The Labute approximate surface area is 113 Å². The number of amides is 1. The molecule has 1 atom stereocenters. The molecule has 5 heteroatoms. The van der Waals surface area contributed by atoms with Crippen molar-refractivity contribution in [1.29, 1.82) is 0 Å². The largest absolute Gasteiger partial charge is 0.383 e. The van der Waals surface area contributed by atoms with Crippen LogP contribution in [0.1, 0.15) is 18.1 Å². The maximum atomic E-state index is 12.2. The first-order valence-corrected chi connectivity index (χ1v) is 6.27. The van der Waals surface area contributed by atoms with Gasteiger partial charge in [0.25, 0.3) is 5.91 Å². The van der Waals surface area contributed by atoms with Gasteiger partial charge in [-0.1, -0.05) is 24.3 Å². The summed E-state index contributed by atoms with van der Waals surface area (Å²) in [5, 5.41) is 5.94. The monoisotopic (exact) mass is 261 g/mol. The van der Waals surface area contributed by atoms with Crippen LogP contribution >= 0.6 is 0 Å². The Kier molecular flexibility index (Phi) is 3.85. The number of aryl methyl sites for hydroxylation is 1. The third kappa shape index (κ3) is 2.61. The molecular weight excluding hydrogens is 242 g/mol. The number of aliphatic imine (C=N–C) groups is 1. The highest BCUT2D eigenvalue weighted by atomic mass is 16.5. The van der Waals surface area contributed by atoms with Crippen LogP contribution in [0.15, 0.2) is 29.3 Å². The minimum absolute atomic E-state index is 0.0852. The van der Waals surface area contributed by atoms with E-state index in [0.717, 1.165) is 11.1 Å². The summed E-state index contributed by atoms with van der Waals surface area (Å²) in [4.78, 5) is 16.5. The van der Waals surface area contributed by atoms with E-state index in [2.05, 4.69) is 15.6 Å². The van der Waals surface area contributed by atoms with Gasteiger partial charge in [0.1, 0.15) is 5.54 Å². The SMILES string of the molecule is COCCN=C1NC(=O)C(C)(c2ccccc2C)N1. The van der Waals surface area contributed by atoms with Gasteiger partial charge in [-0.25, -0.2) is 0 Å². The van der Waals surface area contributed by atoms with Crippen molar-refractivity contribution in [3.63, 3.8) is 0 Å². The molecule has 0 bridgehead atoms. The fraction of sp³-hybridized carbons (Fsp3) is 0.429. The molecule has 0 radical (unpaired) electrons.